The Morgan fingerprint density at radius 2 is 1.30 bits per heavy atom. The Balaban J connectivity index is 1.62. The first kappa shape index (κ1) is 23.5. The van der Waals surface area contributed by atoms with Gasteiger partial charge in [-0.25, -0.2) is 9.18 Å². The van der Waals surface area contributed by atoms with E-state index < -0.39 is 17.4 Å². The zero-order valence-corrected chi connectivity index (χ0v) is 21.3. The van der Waals surface area contributed by atoms with Crippen molar-refractivity contribution in [1.82, 2.24) is 0 Å². The van der Waals surface area contributed by atoms with E-state index in [2.05, 4.69) is 60.7 Å². The molecule has 4 aromatic rings. The van der Waals surface area contributed by atoms with Gasteiger partial charge >= 0.3 is 5.97 Å². The van der Waals surface area contributed by atoms with Crippen molar-refractivity contribution >= 4 is 39.5 Å². The van der Waals surface area contributed by atoms with Gasteiger partial charge in [0.1, 0.15) is 11.4 Å². The van der Waals surface area contributed by atoms with E-state index in [4.69, 9.17) is 4.74 Å². The van der Waals surface area contributed by atoms with Crippen LogP contribution in [0.1, 0.15) is 29.8 Å². The third kappa shape index (κ3) is 5.47. The quantitative estimate of drug-likeness (QED) is 0.136. The van der Waals surface area contributed by atoms with Crippen LogP contribution in [0.15, 0.2) is 118 Å². The van der Waals surface area contributed by atoms with Crippen molar-refractivity contribution in [1.29, 1.82) is 0 Å². The molecule has 0 aliphatic rings. The first-order chi connectivity index (χ1) is 15.8. The molecule has 0 unspecified atom stereocenters. The molecular formula is C28H23FIO2S+. The Labute approximate surface area is 210 Å². The molecule has 166 valence electrons. The second-order valence-electron chi connectivity index (χ2n) is 7.98. The molecule has 0 saturated heterocycles. The highest BCUT2D eigenvalue weighted by atomic mass is 127. The summed E-state index contributed by atoms with van der Waals surface area (Å²) in [6.45, 7) is 3.69. The minimum atomic E-state index is -0.872. The standard InChI is InChI=1S/C28H23FIO2S/c1-28(2,32-27(31)25-19-21(29)15-18-26(25)30)20-13-16-24(17-14-20)33(22-9-5-3-6-10-22)23-11-7-4-8-12-23/h3-19H,1-2H3/q+1. The van der Waals surface area contributed by atoms with Gasteiger partial charge in [0.2, 0.25) is 0 Å². The van der Waals surface area contributed by atoms with E-state index in [0.717, 1.165) is 5.56 Å². The van der Waals surface area contributed by atoms with Crippen molar-refractivity contribution in [3.63, 3.8) is 0 Å². The minimum absolute atomic E-state index is 0.231. The molecule has 0 N–H and O–H groups in total. The van der Waals surface area contributed by atoms with Crippen LogP contribution in [-0.4, -0.2) is 5.97 Å². The normalized spacial score (nSPS) is 11.4. The summed E-state index contributed by atoms with van der Waals surface area (Å²) in [4.78, 5) is 16.4. The highest BCUT2D eigenvalue weighted by Gasteiger charge is 2.31. The summed E-state index contributed by atoms with van der Waals surface area (Å²) >= 11 is 2.01. The molecule has 33 heavy (non-hydrogen) atoms. The molecule has 0 atom stereocenters. The van der Waals surface area contributed by atoms with Crippen LogP contribution in [0.4, 0.5) is 4.39 Å². The molecule has 4 aromatic carbocycles. The predicted molar refractivity (Wildman–Crippen MR) is 139 cm³/mol. The van der Waals surface area contributed by atoms with Gasteiger partial charge in [0.25, 0.3) is 0 Å². The molecule has 0 radical (unpaired) electrons. The SMILES string of the molecule is CC(C)(OC(=O)c1cc(F)ccc1I)c1ccc([S+](c2ccccc2)c2ccccc2)cc1. The molecule has 0 spiro atoms. The Hall–Kier alpha value is -2.64. The second kappa shape index (κ2) is 10.1. The van der Waals surface area contributed by atoms with Crippen LogP contribution in [-0.2, 0) is 21.2 Å². The van der Waals surface area contributed by atoms with Crippen LogP contribution in [0.25, 0.3) is 0 Å². The Bertz CT molecular complexity index is 1200. The van der Waals surface area contributed by atoms with Crippen molar-refractivity contribution in [2.75, 3.05) is 0 Å². The molecule has 0 aromatic heterocycles. The van der Waals surface area contributed by atoms with Gasteiger partial charge in [-0.3, -0.25) is 0 Å². The van der Waals surface area contributed by atoms with E-state index in [1.165, 1.54) is 26.8 Å². The molecule has 0 aliphatic heterocycles. The van der Waals surface area contributed by atoms with Crippen LogP contribution in [0.5, 0.6) is 0 Å². The van der Waals surface area contributed by atoms with E-state index in [-0.39, 0.29) is 16.5 Å². The summed E-state index contributed by atoms with van der Waals surface area (Å²) in [5, 5.41) is 0. The van der Waals surface area contributed by atoms with Gasteiger partial charge in [0.15, 0.2) is 14.7 Å². The van der Waals surface area contributed by atoms with Crippen LogP contribution < -0.4 is 0 Å². The Morgan fingerprint density at radius 1 is 0.788 bits per heavy atom. The molecule has 0 saturated carbocycles. The fourth-order valence-electron chi connectivity index (χ4n) is 3.51. The van der Waals surface area contributed by atoms with E-state index in [9.17, 15) is 9.18 Å². The maximum atomic E-state index is 13.7. The van der Waals surface area contributed by atoms with Crippen molar-refractivity contribution < 1.29 is 13.9 Å². The number of esters is 1. The number of ether oxygens (including phenoxy) is 1. The van der Waals surface area contributed by atoms with Gasteiger partial charge in [-0.2, -0.15) is 0 Å². The van der Waals surface area contributed by atoms with Crippen LogP contribution in [0.2, 0.25) is 0 Å². The first-order valence-corrected chi connectivity index (χ1v) is 12.8. The number of carbonyl (C=O) groups excluding carboxylic acids is 1. The lowest BCUT2D eigenvalue weighted by atomic mass is 9.98. The van der Waals surface area contributed by atoms with E-state index in [0.29, 0.717) is 3.57 Å². The topological polar surface area (TPSA) is 26.3 Å². The molecule has 4 rings (SSSR count). The van der Waals surface area contributed by atoms with Gasteiger partial charge in [-0.15, -0.1) is 0 Å². The molecule has 0 fully saturated rings. The number of carbonyl (C=O) groups is 1. The molecule has 0 amide bonds. The van der Waals surface area contributed by atoms with Crippen LogP contribution in [0.3, 0.4) is 0 Å². The van der Waals surface area contributed by atoms with E-state index >= 15 is 0 Å². The zero-order chi connectivity index (χ0) is 23.4. The molecule has 0 bridgehead atoms. The van der Waals surface area contributed by atoms with Crippen molar-refractivity contribution in [3.05, 3.63) is 124 Å². The van der Waals surface area contributed by atoms with Gasteiger partial charge in [0, 0.05) is 3.57 Å². The average molecular weight is 569 g/mol. The summed E-state index contributed by atoms with van der Waals surface area (Å²) in [5.41, 5.74) is 0.231. The highest BCUT2D eigenvalue weighted by Crippen LogP contribution is 2.33. The molecule has 0 aliphatic carbocycles. The Kier molecular flexibility index (Phi) is 7.20. The number of hydrogen-bond acceptors (Lipinski definition) is 2. The number of hydrogen-bond donors (Lipinski definition) is 0. The monoisotopic (exact) mass is 569 g/mol. The number of rotatable bonds is 6. The fourth-order valence-corrected chi connectivity index (χ4v) is 6.15. The zero-order valence-electron chi connectivity index (χ0n) is 18.3. The summed E-state index contributed by atoms with van der Waals surface area (Å²) in [5.74, 6) is -1.00. The first-order valence-electron chi connectivity index (χ1n) is 10.5. The largest absolute Gasteiger partial charge is 0.451 e. The summed E-state index contributed by atoms with van der Waals surface area (Å²) < 4.78 is 20.1. The van der Waals surface area contributed by atoms with Gasteiger partial charge in [-0.1, -0.05) is 48.5 Å². The van der Waals surface area contributed by atoms with Crippen LogP contribution in [0, 0.1) is 9.39 Å². The summed E-state index contributed by atoms with van der Waals surface area (Å²) in [6, 6.07) is 33.2. The minimum Gasteiger partial charge on any atom is -0.451 e. The molecule has 0 heterocycles. The van der Waals surface area contributed by atoms with E-state index in [1.807, 2.05) is 60.7 Å². The van der Waals surface area contributed by atoms with Crippen molar-refractivity contribution in [2.24, 2.45) is 0 Å². The highest BCUT2D eigenvalue weighted by molar-refractivity contribution is 14.1. The Morgan fingerprint density at radius 3 is 1.85 bits per heavy atom. The predicted octanol–water partition coefficient (Wildman–Crippen LogP) is 7.62. The van der Waals surface area contributed by atoms with Gasteiger partial charge in [0.05, 0.1) is 16.5 Å². The molecule has 2 nitrogen and oxygen atoms in total. The van der Waals surface area contributed by atoms with Crippen LogP contribution >= 0.6 is 22.6 Å². The number of benzene rings is 4. The third-order valence-electron chi connectivity index (χ3n) is 5.24. The lowest BCUT2D eigenvalue weighted by Crippen LogP contribution is -2.26. The summed E-state index contributed by atoms with van der Waals surface area (Å²) in [7, 11) is -0.246. The van der Waals surface area contributed by atoms with Gasteiger partial charge in [-0.05, 0) is 96.6 Å². The fraction of sp³-hybridized carbons (Fsp3) is 0.107. The van der Waals surface area contributed by atoms with Crippen molar-refractivity contribution in [2.45, 2.75) is 34.1 Å². The summed E-state index contributed by atoms with van der Waals surface area (Å²) in [6.07, 6.45) is 0. The molecular weight excluding hydrogens is 546 g/mol. The molecule has 5 heteroatoms. The van der Waals surface area contributed by atoms with Gasteiger partial charge < -0.3 is 4.74 Å². The lowest BCUT2D eigenvalue weighted by molar-refractivity contribution is -0.00331. The maximum Gasteiger partial charge on any atom is 0.340 e. The van der Waals surface area contributed by atoms with E-state index in [1.54, 1.807) is 6.07 Å². The second-order valence-corrected chi connectivity index (χ2v) is 11.2. The lowest BCUT2D eigenvalue weighted by Gasteiger charge is -2.26. The third-order valence-corrected chi connectivity index (χ3v) is 8.41. The smallest absolute Gasteiger partial charge is 0.340 e. The number of halogens is 2. The maximum absolute atomic E-state index is 13.7. The average Bonchev–Trinajstić information content (AvgIpc) is 2.82. The van der Waals surface area contributed by atoms with Crippen molar-refractivity contribution in [3.8, 4) is 0 Å².